The molecule has 3 aromatic rings. The van der Waals surface area contributed by atoms with Gasteiger partial charge in [0.15, 0.2) is 11.5 Å². The minimum Gasteiger partial charge on any atom is -0.493 e. The molecular weight excluding hydrogens is 476 g/mol. The van der Waals surface area contributed by atoms with Gasteiger partial charge in [0, 0.05) is 31.3 Å². The van der Waals surface area contributed by atoms with Crippen molar-refractivity contribution < 1.29 is 19.4 Å². The normalized spacial score (nSPS) is 17.8. The van der Waals surface area contributed by atoms with Crippen molar-refractivity contribution in [1.29, 1.82) is 0 Å². The van der Waals surface area contributed by atoms with Crippen LogP contribution in [-0.2, 0) is 4.79 Å². The summed E-state index contributed by atoms with van der Waals surface area (Å²) in [7, 11) is 1.60. The Morgan fingerprint density at radius 3 is 2.53 bits per heavy atom. The quantitative estimate of drug-likeness (QED) is 0.403. The van der Waals surface area contributed by atoms with Crippen LogP contribution in [0.15, 0.2) is 66.7 Å². The lowest BCUT2D eigenvalue weighted by molar-refractivity contribution is -0.124. The van der Waals surface area contributed by atoms with Gasteiger partial charge in [0.25, 0.3) is 0 Å². The Morgan fingerprint density at radius 2 is 1.74 bits per heavy atom. The average molecular weight is 515 g/mol. The summed E-state index contributed by atoms with van der Waals surface area (Å²) in [6.45, 7) is 4.25. The number of aliphatic hydroxyl groups excluding tert-OH is 1. The summed E-state index contributed by atoms with van der Waals surface area (Å²) in [5, 5.41) is 13.5. The molecule has 6 heteroatoms. The first-order valence-corrected chi connectivity index (χ1v) is 13.8. The first kappa shape index (κ1) is 26.3. The maximum absolute atomic E-state index is 12.5. The molecule has 1 atom stereocenters. The molecule has 1 N–H and O–H groups in total. The third-order valence-electron chi connectivity index (χ3n) is 7.79. The fraction of sp³-hybridized carbons (Fsp3) is 0.406. The van der Waals surface area contributed by atoms with E-state index in [0.717, 1.165) is 57.4 Å². The zero-order valence-electron chi connectivity index (χ0n) is 22.2. The Labute approximate surface area is 225 Å². The largest absolute Gasteiger partial charge is 0.493 e. The number of amides is 1. The van der Waals surface area contributed by atoms with Gasteiger partial charge in [-0.15, -0.1) is 0 Å². The van der Waals surface area contributed by atoms with E-state index in [9.17, 15) is 9.90 Å². The third-order valence-corrected chi connectivity index (χ3v) is 7.79. The lowest BCUT2D eigenvalue weighted by Crippen LogP contribution is -2.40. The smallest absolute Gasteiger partial charge is 0.246 e. The van der Waals surface area contributed by atoms with Crippen LogP contribution in [0.5, 0.6) is 11.5 Å². The number of hydrogen-bond donors (Lipinski definition) is 1. The summed E-state index contributed by atoms with van der Waals surface area (Å²) in [4.78, 5) is 16.7. The summed E-state index contributed by atoms with van der Waals surface area (Å²) in [6, 6.07) is 20.8. The molecule has 200 valence electrons. The number of carbonyl (C=O) groups excluding carboxylic acids is 1. The summed E-state index contributed by atoms with van der Waals surface area (Å²) in [5.74, 6) is 1.69. The number of likely N-dealkylation sites (tertiary alicyclic amines) is 2. The zero-order valence-corrected chi connectivity index (χ0v) is 22.2. The van der Waals surface area contributed by atoms with E-state index in [4.69, 9.17) is 9.47 Å². The van der Waals surface area contributed by atoms with Gasteiger partial charge in [-0.05, 0) is 73.2 Å². The van der Waals surface area contributed by atoms with Crippen LogP contribution in [-0.4, -0.2) is 73.4 Å². The van der Waals surface area contributed by atoms with Crippen molar-refractivity contribution in [1.82, 2.24) is 9.80 Å². The number of fused-ring (bicyclic) bond motifs is 1. The Hall–Kier alpha value is -3.35. The Balaban J connectivity index is 1.16. The Morgan fingerprint density at radius 1 is 1.00 bits per heavy atom. The molecule has 3 aromatic carbocycles. The Bertz CT molecular complexity index is 1250. The number of β-amino-alcohol motifs (C(OH)–C–C–N with tert-alkyl or cyclic N) is 1. The van der Waals surface area contributed by atoms with E-state index in [-0.39, 0.29) is 12.5 Å². The number of piperidine rings is 1. The van der Waals surface area contributed by atoms with E-state index in [1.54, 1.807) is 19.3 Å². The molecule has 5 rings (SSSR count). The van der Waals surface area contributed by atoms with Crippen LogP contribution in [0.2, 0.25) is 0 Å². The van der Waals surface area contributed by atoms with Gasteiger partial charge in [-0.2, -0.15) is 0 Å². The molecule has 0 aromatic heterocycles. The van der Waals surface area contributed by atoms with Crippen LogP contribution in [0.1, 0.15) is 42.7 Å². The number of para-hydroxylation sites is 1. The second kappa shape index (κ2) is 12.5. The van der Waals surface area contributed by atoms with Crippen LogP contribution in [0.25, 0.3) is 16.8 Å². The van der Waals surface area contributed by atoms with Crippen molar-refractivity contribution >= 4 is 22.8 Å². The molecule has 2 saturated heterocycles. The van der Waals surface area contributed by atoms with Gasteiger partial charge in [0.05, 0.1) is 7.11 Å². The highest BCUT2D eigenvalue weighted by molar-refractivity contribution is 5.92. The van der Waals surface area contributed by atoms with E-state index >= 15 is 0 Å². The Kier molecular flexibility index (Phi) is 8.61. The number of methoxy groups -OCH3 is 1. The molecule has 2 aliphatic heterocycles. The van der Waals surface area contributed by atoms with Gasteiger partial charge in [-0.1, -0.05) is 54.6 Å². The van der Waals surface area contributed by atoms with Gasteiger partial charge >= 0.3 is 0 Å². The van der Waals surface area contributed by atoms with Crippen LogP contribution >= 0.6 is 0 Å². The van der Waals surface area contributed by atoms with Gasteiger partial charge in [-0.3, -0.25) is 4.79 Å². The highest BCUT2D eigenvalue weighted by Gasteiger charge is 2.24. The predicted molar refractivity (Wildman–Crippen MR) is 152 cm³/mol. The van der Waals surface area contributed by atoms with Crippen LogP contribution in [0.3, 0.4) is 0 Å². The highest BCUT2D eigenvalue weighted by Crippen LogP contribution is 2.34. The molecule has 38 heavy (non-hydrogen) atoms. The van der Waals surface area contributed by atoms with Gasteiger partial charge in [-0.25, -0.2) is 0 Å². The van der Waals surface area contributed by atoms with Gasteiger partial charge < -0.3 is 24.4 Å². The molecule has 0 bridgehead atoms. The molecule has 0 aliphatic carbocycles. The highest BCUT2D eigenvalue weighted by atomic mass is 16.5. The predicted octanol–water partition coefficient (Wildman–Crippen LogP) is 5.10. The maximum Gasteiger partial charge on any atom is 0.246 e. The number of ether oxygens (including phenoxy) is 2. The first-order valence-electron chi connectivity index (χ1n) is 13.8. The second-order valence-electron chi connectivity index (χ2n) is 10.4. The van der Waals surface area contributed by atoms with Crippen molar-refractivity contribution in [2.45, 2.75) is 37.7 Å². The van der Waals surface area contributed by atoms with Crippen molar-refractivity contribution in [2.75, 3.05) is 46.4 Å². The number of carbonyl (C=O) groups is 1. The molecule has 1 unspecified atom stereocenters. The van der Waals surface area contributed by atoms with Gasteiger partial charge in [0.1, 0.15) is 12.7 Å². The molecular formula is C32H38N2O4. The van der Waals surface area contributed by atoms with Crippen molar-refractivity contribution in [3.05, 3.63) is 77.9 Å². The summed E-state index contributed by atoms with van der Waals surface area (Å²) in [5.41, 5.74) is 2.20. The molecule has 1 amide bonds. The topological polar surface area (TPSA) is 62.2 Å². The number of hydrogen-bond acceptors (Lipinski definition) is 5. The molecule has 2 fully saturated rings. The molecule has 2 aliphatic rings. The average Bonchev–Trinajstić information content (AvgIpc) is 3.50. The second-order valence-corrected chi connectivity index (χ2v) is 10.4. The lowest BCUT2D eigenvalue weighted by Gasteiger charge is -2.33. The maximum atomic E-state index is 12.5. The fourth-order valence-corrected chi connectivity index (χ4v) is 5.75. The summed E-state index contributed by atoms with van der Waals surface area (Å²) in [6.07, 6.45) is 7.03. The van der Waals surface area contributed by atoms with E-state index in [2.05, 4.69) is 47.4 Å². The summed E-state index contributed by atoms with van der Waals surface area (Å²) >= 11 is 0. The third kappa shape index (κ3) is 6.20. The van der Waals surface area contributed by atoms with Crippen LogP contribution in [0.4, 0.5) is 0 Å². The molecule has 0 saturated carbocycles. The van der Waals surface area contributed by atoms with Gasteiger partial charge in [0.2, 0.25) is 5.91 Å². The van der Waals surface area contributed by atoms with E-state index in [0.29, 0.717) is 24.0 Å². The molecule has 6 nitrogen and oxygen atoms in total. The van der Waals surface area contributed by atoms with E-state index in [1.807, 2.05) is 23.1 Å². The van der Waals surface area contributed by atoms with Crippen LogP contribution in [0, 0.1) is 0 Å². The summed E-state index contributed by atoms with van der Waals surface area (Å²) < 4.78 is 11.6. The molecule has 0 spiro atoms. The van der Waals surface area contributed by atoms with Crippen molar-refractivity contribution in [3.8, 4) is 11.5 Å². The minimum absolute atomic E-state index is 0.0169. The minimum atomic E-state index is -0.628. The number of aliphatic hydroxyl groups is 1. The SMILES string of the molecule is COc1cccc(C=CC(=O)N2CCCC2)c1OCC(O)CN1CCC(c2cccc3ccccc23)CC1. The monoisotopic (exact) mass is 514 g/mol. The van der Waals surface area contributed by atoms with Crippen LogP contribution < -0.4 is 9.47 Å². The zero-order chi connectivity index (χ0) is 26.3. The number of rotatable bonds is 9. The molecule has 2 heterocycles. The first-order chi connectivity index (χ1) is 18.6. The molecule has 0 radical (unpaired) electrons. The standard InChI is InChI=1S/C32H38N2O4/c1-37-30-13-7-10-26(14-15-31(36)34-18-4-5-19-34)32(30)38-23-27(35)22-33-20-16-25(17-21-33)29-12-6-9-24-8-2-3-11-28(24)29/h2-3,6-15,25,27,35H,4-5,16-23H2,1H3. The van der Waals surface area contributed by atoms with E-state index < -0.39 is 6.10 Å². The number of nitrogens with zero attached hydrogens (tertiary/aromatic N) is 2. The van der Waals surface area contributed by atoms with E-state index in [1.165, 1.54) is 16.3 Å². The van der Waals surface area contributed by atoms with Crippen molar-refractivity contribution in [2.24, 2.45) is 0 Å². The van der Waals surface area contributed by atoms with Crippen molar-refractivity contribution in [3.63, 3.8) is 0 Å². The fourth-order valence-electron chi connectivity index (χ4n) is 5.75. The lowest BCUT2D eigenvalue weighted by atomic mass is 9.86. The number of benzene rings is 3.